The fraction of sp³-hybridized carbons (Fsp3) is 0.677. The van der Waals surface area contributed by atoms with Crippen molar-refractivity contribution in [1.29, 1.82) is 0 Å². The van der Waals surface area contributed by atoms with Crippen LogP contribution in [-0.2, 0) is 32.7 Å². The maximum Gasteiger partial charge on any atom is 0.472 e. The Hall–Kier alpha value is -3.33. The summed E-state index contributed by atoms with van der Waals surface area (Å²) in [5.74, 6) is -0.842. The Morgan fingerprint density at radius 3 is 1.15 bits per heavy atom. The van der Waals surface area contributed by atoms with Crippen LogP contribution < -0.4 is 5.73 Å². The van der Waals surface area contributed by atoms with E-state index < -0.39 is 32.5 Å². The van der Waals surface area contributed by atoms with E-state index in [-0.39, 0.29) is 32.6 Å². The van der Waals surface area contributed by atoms with Gasteiger partial charge in [0.2, 0.25) is 0 Å². The summed E-state index contributed by atoms with van der Waals surface area (Å²) in [6.07, 6.45) is 77.5. The number of hydrogen-bond acceptors (Lipinski definition) is 8. The molecule has 0 aromatic carbocycles. The molecule has 9 nitrogen and oxygen atoms in total. The number of phosphoric ester groups is 1. The monoisotopic (exact) mass is 1020 g/mol. The lowest BCUT2D eigenvalue weighted by molar-refractivity contribution is -0.161. The Morgan fingerprint density at radius 2 is 0.764 bits per heavy atom. The Labute approximate surface area is 441 Å². The Bertz CT molecular complexity index is 1540. The molecule has 2 unspecified atom stereocenters. The molecule has 0 saturated carbocycles. The van der Waals surface area contributed by atoms with E-state index >= 15 is 0 Å². The van der Waals surface area contributed by atoms with E-state index in [1.807, 2.05) is 0 Å². The molecule has 0 aliphatic carbocycles. The van der Waals surface area contributed by atoms with Gasteiger partial charge in [0.15, 0.2) is 6.10 Å². The Balaban J connectivity index is 3.82. The second kappa shape index (κ2) is 57.0. The van der Waals surface area contributed by atoms with Gasteiger partial charge in [0, 0.05) is 19.4 Å². The number of ether oxygens (including phenoxy) is 2. The molecule has 0 amide bonds. The molecule has 0 fully saturated rings. The van der Waals surface area contributed by atoms with E-state index in [0.29, 0.717) is 6.42 Å². The number of carbonyl (C=O) groups is 2. The van der Waals surface area contributed by atoms with Crippen molar-refractivity contribution in [3.63, 3.8) is 0 Å². The van der Waals surface area contributed by atoms with Crippen molar-refractivity contribution in [2.24, 2.45) is 5.73 Å². The molecule has 0 heterocycles. The van der Waals surface area contributed by atoms with Gasteiger partial charge in [0.05, 0.1) is 13.2 Å². The molecular formula is C62H106NO8P. The number of carbonyl (C=O) groups excluding carboxylic acids is 2. The van der Waals surface area contributed by atoms with Crippen molar-refractivity contribution >= 4 is 19.8 Å². The normalized spacial score (nSPS) is 13.9. The van der Waals surface area contributed by atoms with Crippen LogP contribution in [0.4, 0.5) is 0 Å². The highest BCUT2D eigenvalue weighted by Gasteiger charge is 2.26. The summed E-state index contributed by atoms with van der Waals surface area (Å²) in [5, 5.41) is 0. The first-order valence-electron chi connectivity index (χ1n) is 28.9. The number of esters is 2. The van der Waals surface area contributed by atoms with Gasteiger partial charge in [0.25, 0.3) is 0 Å². The molecule has 0 aromatic heterocycles. The van der Waals surface area contributed by atoms with Crippen LogP contribution in [0, 0.1) is 0 Å². The average Bonchev–Trinajstić information content (AvgIpc) is 3.37. The summed E-state index contributed by atoms with van der Waals surface area (Å²) < 4.78 is 32.9. The fourth-order valence-electron chi connectivity index (χ4n) is 7.65. The lowest BCUT2D eigenvalue weighted by atomic mass is 10.0. The van der Waals surface area contributed by atoms with Gasteiger partial charge in [-0.05, 0) is 96.3 Å². The van der Waals surface area contributed by atoms with Crippen molar-refractivity contribution in [1.82, 2.24) is 0 Å². The smallest absolute Gasteiger partial charge is 0.462 e. The highest BCUT2D eigenvalue weighted by molar-refractivity contribution is 7.47. The minimum atomic E-state index is -4.38. The van der Waals surface area contributed by atoms with Crippen molar-refractivity contribution in [3.05, 3.63) is 109 Å². The van der Waals surface area contributed by atoms with Gasteiger partial charge < -0.3 is 20.1 Å². The predicted octanol–water partition coefficient (Wildman–Crippen LogP) is 18.2. The van der Waals surface area contributed by atoms with E-state index in [1.165, 1.54) is 89.9 Å². The minimum Gasteiger partial charge on any atom is -0.462 e. The summed E-state index contributed by atoms with van der Waals surface area (Å²) in [7, 11) is -4.38. The fourth-order valence-corrected chi connectivity index (χ4v) is 8.42. The van der Waals surface area contributed by atoms with Crippen LogP contribution in [0.1, 0.15) is 239 Å². The third-order valence-corrected chi connectivity index (χ3v) is 12.9. The molecule has 3 N–H and O–H groups in total. The van der Waals surface area contributed by atoms with E-state index in [2.05, 4.69) is 123 Å². The third-order valence-electron chi connectivity index (χ3n) is 11.9. The number of allylic oxidation sites excluding steroid dienone is 18. The largest absolute Gasteiger partial charge is 0.472 e. The molecule has 0 aliphatic heterocycles. The molecule has 0 spiro atoms. The van der Waals surface area contributed by atoms with Crippen molar-refractivity contribution in [3.8, 4) is 0 Å². The van der Waals surface area contributed by atoms with Crippen LogP contribution in [0.25, 0.3) is 0 Å². The SMILES string of the molecule is CC/C=C\C/C=C\C/C=C\C/C=C\C/C=C\C/C=C\C/C=C\C/C=C\CCCCCCCCCCCCCCCCCCC(=O)OC(COC(=O)CCCCCCC/C=C\CCC)COP(=O)(O)OCCN. The highest BCUT2D eigenvalue weighted by Crippen LogP contribution is 2.43. The maximum atomic E-state index is 12.7. The van der Waals surface area contributed by atoms with Crippen LogP contribution >= 0.6 is 7.82 Å². The average molecular weight is 1020 g/mol. The van der Waals surface area contributed by atoms with Crippen LogP contribution in [0.5, 0.6) is 0 Å². The molecule has 0 bridgehead atoms. The molecule has 0 radical (unpaired) electrons. The zero-order valence-electron chi connectivity index (χ0n) is 45.9. The first kappa shape index (κ1) is 68.7. The van der Waals surface area contributed by atoms with Gasteiger partial charge in [0.1, 0.15) is 6.61 Å². The van der Waals surface area contributed by atoms with E-state index in [1.54, 1.807) is 0 Å². The first-order valence-corrected chi connectivity index (χ1v) is 30.4. The van der Waals surface area contributed by atoms with Gasteiger partial charge in [-0.1, -0.05) is 239 Å². The standard InChI is InChI=1S/C62H106NO8P/c1-3-5-7-9-11-13-15-16-17-18-19-20-21-22-23-24-25-26-27-28-29-30-31-32-33-34-35-36-37-38-39-40-41-42-43-44-45-47-49-51-53-55-62(65)71-60(59-70-72(66,67)69-57-56-63)58-68-61(64)54-52-50-48-46-14-12-10-8-6-4-2/h5,7-8,10-11,13,16-17,19-20,22-23,25-26,28-29,31-32,60H,3-4,6,9,12,14-15,18,21,24,27,30,33-59,63H2,1-2H3,(H,66,67)/b7-5-,10-8-,13-11-,17-16-,20-19-,23-22-,26-25-,29-28-,32-31-. The summed E-state index contributed by atoms with van der Waals surface area (Å²) >= 11 is 0. The van der Waals surface area contributed by atoms with Crippen LogP contribution in [-0.4, -0.2) is 49.3 Å². The second-order valence-electron chi connectivity index (χ2n) is 18.8. The van der Waals surface area contributed by atoms with Crippen molar-refractivity contribution < 1.29 is 37.6 Å². The molecule has 0 aliphatic rings. The summed E-state index contributed by atoms with van der Waals surface area (Å²) in [6.45, 7) is 3.54. The van der Waals surface area contributed by atoms with E-state index in [9.17, 15) is 19.0 Å². The summed E-state index contributed by atoms with van der Waals surface area (Å²) in [5.41, 5.74) is 5.36. The molecule has 0 saturated heterocycles. The molecule has 10 heteroatoms. The molecule has 0 aromatic rings. The summed E-state index contributed by atoms with van der Waals surface area (Å²) in [4.78, 5) is 35.0. The summed E-state index contributed by atoms with van der Waals surface area (Å²) in [6, 6.07) is 0. The molecule has 72 heavy (non-hydrogen) atoms. The van der Waals surface area contributed by atoms with Gasteiger partial charge in [-0.3, -0.25) is 18.6 Å². The zero-order valence-corrected chi connectivity index (χ0v) is 46.8. The lowest BCUT2D eigenvalue weighted by Gasteiger charge is -2.19. The molecule has 0 rings (SSSR count). The van der Waals surface area contributed by atoms with Gasteiger partial charge in [-0.2, -0.15) is 0 Å². The highest BCUT2D eigenvalue weighted by atomic mass is 31.2. The number of nitrogens with two attached hydrogens (primary N) is 1. The molecular weight excluding hydrogens is 918 g/mol. The van der Waals surface area contributed by atoms with Gasteiger partial charge in [-0.15, -0.1) is 0 Å². The Kier molecular flexibility index (Phi) is 54.3. The number of phosphoric acid groups is 1. The maximum absolute atomic E-state index is 12.7. The van der Waals surface area contributed by atoms with Crippen molar-refractivity contribution in [2.45, 2.75) is 245 Å². The zero-order chi connectivity index (χ0) is 52.4. The van der Waals surface area contributed by atoms with Gasteiger partial charge >= 0.3 is 19.8 Å². The number of rotatable bonds is 53. The molecule has 412 valence electrons. The van der Waals surface area contributed by atoms with E-state index in [4.69, 9.17) is 24.3 Å². The predicted molar refractivity (Wildman–Crippen MR) is 307 cm³/mol. The topological polar surface area (TPSA) is 134 Å². The van der Waals surface area contributed by atoms with Crippen molar-refractivity contribution in [2.75, 3.05) is 26.4 Å². The van der Waals surface area contributed by atoms with Crippen LogP contribution in [0.2, 0.25) is 0 Å². The van der Waals surface area contributed by atoms with Gasteiger partial charge in [-0.25, -0.2) is 4.57 Å². The van der Waals surface area contributed by atoms with Crippen LogP contribution in [0.3, 0.4) is 0 Å². The number of hydrogen-bond donors (Lipinski definition) is 2. The van der Waals surface area contributed by atoms with Crippen LogP contribution in [0.15, 0.2) is 109 Å². The first-order chi connectivity index (χ1) is 35.3. The van der Waals surface area contributed by atoms with E-state index in [0.717, 1.165) is 116 Å². The molecule has 2 atom stereocenters. The quantitative estimate of drug-likeness (QED) is 0.0264. The lowest BCUT2D eigenvalue weighted by Crippen LogP contribution is -2.29. The number of unbranched alkanes of at least 4 members (excludes halogenated alkanes) is 22. The third kappa shape index (κ3) is 56.0. The second-order valence-corrected chi connectivity index (χ2v) is 20.2. The minimum absolute atomic E-state index is 0.0495. The Morgan fingerprint density at radius 1 is 0.431 bits per heavy atom.